The summed E-state index contributed by atoms with van der Waals surface area (Å²) < 4.78 is 0. The molecule has 3 aliphatic heterocycles. The first-order valence-electron chi connectivity index (χ1n) is 8.68. The normalized spacial score (nSPS) is 21.5. The van der Waals surface area contributed by atoms with Crippen molar-refractivity contribution in [2.45, 2.75) is 24.8 Å². The Morgan fingerprint density at radius 3 is 2.70 bits per heavy atom. The second kappa shape index (κ2) is 4.75. The maximum absolute atomic E-state index is 3.62. The number of hydrogen-bond donors (Lipinski definition) is 1. The lowest BCUT2D eigenvalue weighted by Crippen LogP contribution is -2.43. The van der Waals surface area contributed by atoms with E-state index in [-0.39, 0.29) is 0 Å². The largest absolute Gasteiger partial charge is 0.379 e. The average Bonchev–Trinajstić information content (AvgIpc) is 2.82. The lowest BCUT2D eigenvalue weighted by molar-refractivity contribution is 0.198. The number of hydrogen-bond acceptors (Lipinski definition) is 3. The van der Waals surface area contributed by atoms with Crippen LogP contribution >= 0.6 is 0 Å². The second-order valence-corrected chi connectivity index (χ2v) is 7.35. The van der Waals surface area contributed by atoms with Gasteiger partial charge in [0.25, 0.3) is 0 Å². The standard InChI is InChI=1S/C20H23N3/c1-22-11-9-20(10-12-22)14-23-18-8-3-2-7-17(18)21-13-15-5-4-6-16(20)19(15)23/h2-8,21H,9-14H2,1H3. The molecule has 3 nitrogen and oxygen atoms in total. The Hall–Kier alpha value is -2.00. The van der Waals surface area contributed by atoms with Crippen LogP contribution in [0.5, 0.6) is 0 Å². The Balaban J connectivity index is 1.69. The molecule has 3 heterocycles. The molecule has 0 aliphatic carbocycles. The fourth-order valence-corrected chi connectivity index (χ4v) is 4.68. The predicted octanol–water partition coefficient (Wildman–Crippen LogP) is 3.73. The smallest absolute Gasteiger partial charge is 0.0647 e. The van der Waals surface area contributed by atoms with E-state index in [4.69, 9.17) is 0 Å². The molecule has 0 aromatic heterocycles. The summed E-state index contributed by atoms with van der Waals surface area (Å²) in [5, 5.41) is 3.62. The van der Waals surface area contributed by atoms with Crippen LogP contribution in [0.15, 0.2) is 42.5 Å². The minimum atomic E-state index is 0.336. The second-order valence-electron chi connectivity index (χ2n) is 7.35. The van der Waals surface area contributed by atoms with Crippen molar-refractivity contribution in [3.05, 3.63) is 53.6 Å². The number of para-hydroxylation sites is 3. The van der Waals surface area contributed by atoms with Gasteiger partial charge in [0.1, 0.15) is 0 Å². The van der Waals surface area contributed by atoms with Crippen LogP contribution in [0.2, 0.25) is 0 Å². The zero-order valence-electron chi connectivity index (χ0n) is 13.7. The molecule has 23 heavy (non-hydrogen) atoms. The monoisotopic (exact) mass is 305 g/mol. The molecule has 3 aliphatic rings. The molecule has 0 atom stereocenters. The third-order valence-corrected chi connectivity index (χ3v) is 6.03. The molecule has 1 N–H and O–H groups in total. The van der Waals surface area contributed by atoms with Gasteiger partial charge in [-0.25, -0.2) is 0 Å². The van der Waals surface area contributed by atoms with Crippen molar-refractivity contribution in [2.75, 3.05) is 36.9 Å². The number of benzene rings is 2. The summed E-state index contributed by atoms with van der Waals surface area (Å²) in [7, 11) is 2.25. The summed E-state index contributed by atoms with van der Waals surface area (Å²) in [5.74, 6) is 0. The molecule has 0 saturated carbocycles. The van der Waals surface area contributed by atoms with Crippen molar-refractivity contribution < 1.29 is 0 Å². The van der Waals surface area contributed by atoms with Crippen molar-refractivity contribution in [1.82, 2.24) is 4.90 Å². The molecule has 3 heteroatoms. The van der Waals surface area contributed by atoms with Gasteiger partial charge < -0.3 is 15.1 Å². The van der Waals surface area contributed by atoms with Crippen LogP contribution in [0.25, 0.3) is 0 Å². The molecule has 118 valence electrons. The Morgan fingerprint density at radius 2 is 1.83 bits per heavy atom. The lowest BCUT2D eigenvalue weighted by atomic mass is 9.74. The molecule has 1 fully saturated rings. The SMILES string of the molecule is CN1CCC2(CC1)CN1c3ccccc3NCc3cccc2c31. The maximum Gasteiger partial charge on any atom is 0.0647 e. The van der Waals surface area contributed by atoms with Gasteiger partial charge in [-0.05, 0) is 56.2 Å². The van der Waals surface area contributed by atoms with Gasteiger partial charge >= 0.3 is 0 Å². The van der Waals surface area contributed by atoms with Crippen LogP contribution in [0.3, 0.4) is 0 Å². The van der Waals surface area contributed by atoms with Gasteiger partial charge in [0, 0.05) is 18.5 Å². The van der Waals surface area contributed by atoms with E-state index in [0.29, 0.717) is 5.41 Å². The zero-order valence-corrected chi connectivity index (χ0v) is 13.7. The zero-order chi connectivity index (χ0) is 15.4. The molecule has 0 bridgehead atoms. The molecular formula is C20H23N3. The van der Waals surface area contributed by atoms with Gasteiger partial charge in [-0.3, -0.25) is 0 Å². The quantitative estimate of drug-likeness (QED) is 0.800. The van der Waals surface area contributed by atoms with E-state index >= 15 is 0 Å². The minimum absolute atomic E-state index is 0.336. The van der Waals surface area contributed by atoms with E-state index < -0.39 is 0 Å². The third-order valence-electron chi connectivity index (χ3n) is 6.03. The highest BCUT2D eigenvalue weighted by molar-refractivity contribution is 5.84. The van der Waals surface area contributed by atoms with Crippen LogP contribution in [-0.4, -0.2) is 31.6 Å². The first kappa shape index (κ1) is 13.4. The average molecular weight is 305 g/mol. The molecular weight excluding hydrogens is 282 g/mol. The molecule has 2 aromatic rings. The van der Waals surface area contributed by atoms with E-state index in [0.717, 1.165) is 13.1 Å². The first-order valence-corrected chi connectivity index (χ1v) is 8.68. The Morgan fingerprint density at radius 1 is 1.00 bits per heavy atom. The van der Waals surface area contributed by atoms with Gasteiger partial charge in [0.2, 0.25) is 0 Å². The summed E-state index contributed by atoms with van der Waals surface area (Å²) in [6, 6.07) is 15.7. The molecule has 5 rings (SSSR count). The number of fused-ring (bicyclic) bond motifs is 3. The minimum Gasteiger partial charge on any atom is -0.379 e. The van der Waals surface area contributed by atoms with E-state index in [9.17, 15) is 0 Å². The maximum atomic E-state index is 3.62. The highest BCUT2D eigenvalue weighted by atomic mass is 15.2. The summed E-state index contributed by atoms with van der Waals surface area (Å²) in [5.41, 5.74) is 7.45. The summed E-state index contributed by atoms with van der Waals surface area (Å²) in [6.07, 6.45) is 2.54. The van der Waals surface area contributed by atoms with E-state index in [1.165, 1.54) is 48.6 Å². The Labute approximate surface area is 137 Å². The highest BCUT2D eigenvalue weighted by Crippen LogP contribution is 2.53. The van der Waals surface area contributed by atoms with Crippen LogP contribution < -0.4 is 10.2 Å². The lowest BCUT2D eigenvalue weighted by Gasteiger charge is -2.38. The number of nitrogens with one attached hydrogen (secondary N) is 1. The van der Waals surface area contributed by atoms with Crippen molar-refractivity contribution in [1.29, 1.82) is 0 Å². The molecule has 0 unspecified atom stereocenters. The number of anilines is 3. The first-order chi connectivity index (χ1) is 11.3. The van der Waals surface area contributed by atoms with Crippen LogP contribution in [-0.2, 0) is 12.0 Å². The molecule has 0 radical (unpaired) electrons. The molecule has 2 aromatic carbocycles. The number of rotatable bonds is 0. The van der Waals surface area contributed by atoms with Gasteiger partial charge in [0.15, 0.2) is 0 Å². The van der Waals surface area contributed by atoms with Crippen molar-refractivity contribution >= 4 is 17.1 Å². The highest BCUT2D eigenvalue weighted by Gasteiger charge is 2.46. The summed E-state index contributed by atoms with van der Waals surface area (Å²) >= 11 is 0. The van der Waals surface area contributed by atoms with Gasteiger partial charge in [0.05, 0.1) is 17.1 Å². The Kier molecular flexibility index (Phi) is 2.77. The van der Waals surface area contributed by atoms with Crippen LogP contribution in [0.1, 0.15) is 24.0 Å². The van der Waals surface area contributed by atoms with Gasteiger partial charge in [-0.15, -0.1) is 0 Å². The number of nitrogens with zero attached hydrogens (tertiary/aromatic N) is 2. The number of piperidine rings is 1. The van der Waals surface area contributed by atoms with Crippen molar-refractivity contribution in [2.24, 2.45) is 0 Å². The van der Waals surface area contributed by atoms with Crippen LogP contribution in [0.4, 0.5) is 17.1 Å². The number of likely N-dealkylation sites (tertiary alicyclic amines) is 1. The van der Waals surface area contributed by atoms with E-state index in [2.05, 4.69) is 64.6 Å². The fraction of sp³-hybridized carbons (Fsp3) is 0.400. The van der Waals surface area contributed by atoms with Crippen molar-refractivity contribution in [3.63, 3.8) is 0 Å². The summed E-state index contributed by atoms with van der Waals surface area (Å²) in [4.78, 5) is 5.06. The van der Waals surface area contributed by atoms with Crippen LogP contribution in [0, 0.1) is 0 Å². The van der Waals surface area contributed by atoms with Gasteiger partial charge in [-0.1, -0.05) is 30.3 Å². The predicted molar refractivity (Wildman–Crippen MR) is 95.6 cm³/mol. The third kappa shape index (κ3) is 1.86. The van der Waals surface area contributed by atoms with Gasteiger partial charge in [-0.2, -0.15) is 0 Å². The molecule has 1 saturated heterocycles. The topological polar surface area (TPSA) is 18.5 Å². The molecule has 0 amide bonds. The van der Waals surface area contributed by atoms with E-state index in [1.54, 1.807) is 5.56 Å². The van der Waals surface area contributed by atoms with Crippen molar-refractivity contribution in [3.8, 4) is 0 Å². The Bertz CT molecular complexity index is 759. The van der Waals surface area contributed by atoms with E-state index in [1.807, 2.05) is 0 Å². The fourth-order valence-electron chi connectivity index (χ4n) is 4.68. The molecule has 1 spiro atoms. The summed E-state index contributed by atoms with van der Waals surface area (Å²) in [6.45, 7) is 4.47.